The molecule has 0 unspecified atom stereocenters. The molecule has 1 heterocycles. The minimum Gasteiger partial charge on any atom is -0.506 e. The van der Waals surface area contributed by atoms with Gasteiger partial charge in [0.05, 0.1) is 11.3 Å². The Morgan fingerprint density at radius 1 is 1.08 bits per heavy atom. The third-order valence-electron chi connectivity index (χ3n) is 3.20. The number of hydrogen-bond donors (Lipinski definition) is 2. The number of aliphatic hydroxyl groups is 1. The third-order valence-corrected chi connectivity index (χ3v) is 3.20. The van der Waals surface area contributed by atoms with Gasteiger partial charge in [-0.3, -0.25) is 4.79 Å². The Labute approximate surface area is 134 Å². The number of carbonyl (C=O) groups is 2. The van der Waals surface area contributed by atoms with E-state index in [0.717, 1.165) is 12.1 Å². The quantitative estimate of drug-likeness (QED) is 0.498. The number of alkyl halides is 3. The van der Waals surface area contributed by atoms with Crippen LogP contribution >= 0.6 is 0 Å². The number of aromatic nitrogens is 1. The molecule has 0 saturated heterocycles. The number of aliphatic carboxylic acids is 1. The molecule has 24 heavy (non-hydrogen) atoms. The largest absolute Gasteiger partial charge is 0.506 e. The normalized spacial score (nSPS) is 12.2. The molecule has 126 valence electrons. The zero-order chi connectivity index (χ0) is 17.9. The van der Waals surface area contributed by atoms with Crippen molar-refractivity contribution in [1.29, 1.82) is 0 Å². The van der Waals surface area contributed by atoms with Crippen molar-refractivity contribution in [2.45, 2.75) is 12.7 Å². The van der Waals surface area contributed by atoms with Crippen LogP contribution in [-0.4, -0.2) is 26.5 Å². The average Bonchev–Trinajstić information content (AvgIpc) is 2.95. The van der Waals surface area contributed by atoms with Crippen LogP contribution in [0.15, 0.2) is 48.7 Å². The van der Waals surface area contributed by atoms with Gasteiger partial charge in [0.15, 0.2) is 0 Å². The second-order valence-electron chi connectivity index (χ2n) is 4.91. The Balaban J connectivity index is 2.22. The van der Waals surface area contributed by atoms with E-state index < -0.39 is 29.3 Å². The molecule has 0 aliphatic carbocycles. The van der Waals surface area contributed by atoms with Crippen LogP contribution in [0.4, 0.5) is 13.2 Å². The van der Waals surface area contributed by atoms with Crippen LogP contribution in [0.1, 0.15) is 16.8 Å². The van der Waals surface area contributed by atoms with Crippen LogP contribution < -0.4 is 0 Å². The summed E-state index contributed by atoms with van der Waals surface area (Å²) in [6.45, 7) is 0.139. The molecule has 2 rings (SSSR count). The molecule has 0 radical (unpaired) electrons. The first-order valence-corrected chi connectivity index (χ1v) is 6.68. The molecule has 1 aromatic carbocycles. The zero-order valence-corrected chi connectivity index (χ0v) is 12.1. The molecule has 0 fully saturated rings. The van der Waals surface area contributed by atoms with E-state index in [2.05, 4.69) is 0 Å². The van der Waals surface area contributed by atoms with Crippen LogP contribution in [0.2, 0.25) is 0 Å². The van der Waals surface area contributed by atoms with Gasteiger partial charge >= 0.3 is 12.1 Å². The van der Waals surface area contributed by atoms with Crippen molar-refractivity contribution in [1.82, 2.24) is 4.57 Å². The lowest BCUT2D eigenvalue weighted by Crippen LogP contribution is -2.11. The summed E-state index contributed by atoms with van der Waals surface area (Å²) in [5.74, 6) is -3.53. The van der Waals surface area contributed by atoms with Gasteiger partial charge in [-0.1, -0.05) is 12.1 Å². The summed E-state index contributed by atoms with van der Waals surface area (Å²) in [4.78, 5) is 21.6. The molecule has 2 aromatic rings. The van der Waals surface area contributed by atoms with Crippen molar-refractivity contribution >= 4 is 17.5 Å². The van der Waals surface area contributed by atoms with Crippen molar-refractivity contribution in [2.75, 3.05) is 0 Å². The van der Waals surface area contributed by atoms with Crippen LogP contribution in [0.5, 0.6) is 0 Å². The number of rotatable bonds is 5. The number of halogens is 3. The fourth-order valence-electron chi connectivity index (χ4n) is 2.04. The molecule has 0 aliphatic rings. The summed E-state index contributed by atoms with van der Waals surface area (Å²) >= 11 is 0. The minimum absolute atomic E-state index is 0.139. The molecule has 0 bridgehead atoms. The predicted molar refractivity (Wildman–Crippen MR) is 78.2 cm³/mol. The van der Waals surface area contributed by atoms with E-state index in [1.165, 1.54) is 22.8 Å². The van der Waals surface area contributed by atoms with Gasteiger partial charge in [0.25, 0.3) is 5.78 Å². The van der Waals surface area contributed by atoms with Crippen molar-refractivity contribution in [3.8, 4) is 0 Å². The number of carboxylic acid groups (broad SMARTS) is 1. The number of carbonyl (C=O) groups excluding carboxylic acids is 1. The number of hydrogen-bond acceptors (Lipinski definition) is 3. The molecule has 0 amide bonds. The van der Waals surface area contributed by atoms with E-state index in [9.17, 15) is 27.9 Å². The molecule has 0 atom stereocenters. The van der Waals surface area contributed by atoms with Crippen LogP contribution in [-0.2, 0) is 22.3 Å². The number of aliphatic hydroxyl groups excluding tert-OH is 1. The van der Waals surface area contributed by atoms with Gasteiger partial charge in [0, 0.05) is 18.8 Å². The second-order valence-corrected chi connectivity index (χ2v) is 4.91. The summed E-state index contributed by atoms with van der Waals surface area (Å²) in [7, 11) is 0. The smallest absolute Gasteiger partial charge is 0.416 e. The molecular formula is C16H12F3NO4. The van der Waals surface area contributed by atoms with Crippen molar-refractivity contribution in [3.05, 3.63) is 65.5 Å². The van der Waals surface area contributed by atoms with Gasteiger partial charge < -0.3 is 14.8 Å². The summed E-state index contributed by atoms with van der Waals surface area (Å²) in [6.07, 6.45) is -2.31. The van der Waals surface area contributed by atoms with Gasteiger partial charge in [-0.2, -0.15) is 13.2 Å². The zero-order valence-electron chi connectivity index (χ0n) is 12.1. The molecule has 1 aromatic heterocycles. The molecule has 0 spiro atoms. The van der Waals surface area contributed by atoms with E-state index >= 15 is 0 Å². The fraction of sp³-hybridized carbons (Fsp3) is 0.125. The van der Waals surface area contributed by atoms with E-state index in [-0.39, 0.29) is 12.2 Å². The van der Waals surface area contributed by atoms with E-state index in [4.69, 9.17) is 5.11 Å². The van der Waals surface area contributed by atoms with Crippen molar-refractivity contribution < 1.29 is 33.0 Å². The van der Waals surface area contributed by atoms with Crippen LogP contribution in [0.3, 0.4) is 0 Å². The van der Waals surface area contributed by atoms with E-state index in [1.807, 2.05) is 0 Å². The van der Waals surface area contributed by atoms with Crippen molar-refractivity contribution in [2.24, 2.45) is 0 Å². The lowest BCUT2D eigenvalue weighted by molar-refractivity contribution is -0.146. The first-order chi connectivity index (χ1) is 11.2. The number of carboxylic acids is 1. The molecule has 2 N–H and O–H groups in total. The van der Waals surface area contributed by atoms with Crippen LogP contribution in [0.25, 0.3) is 5.76 Å². The number of nitrogens with zero attached hydrogens (tertiary/aromatic N) is 1. The van der Waals surface area contributed by atoms with Gasteiger partial charge in [0.1, 0.15) is 5.76 Å². The highest BCUT2D eigenvalue weighted by Crippen LogP contribution is 2.29. The first kappa shape index (κ1) is 17.3. The first-order valence-electron chi connectivity index (χ1n) is 6.68. The van der Waals surface area contributed by atoms with Crippen LogP contribution in [0, 0.1) is 0 Å². The lowest BCUT2D eigenvalue weighted by atomic mass is 10.1. The standard InChI is InChI=1S/C16H12F3NO4/c17-16(18,19)11-5-3-10(4-6-11)9-20-7-1-2-12(20)13(21)8-14(22)15(23)24/h1-8,21H,9H2,(H,23,24). The molecule has 0 saturated carbocycles. The molecule has 8 heteroatoms. The molecule has 0 aliphatic heterocycles. The summed E-state index contributed by atoms with van der Waals surface area (Å²) < 4.78 is 39.1. The number of ketones is 1. The Bertz CT molecular complexity index is 788. The second kappa shape index (κ2) is 6.61. The third kappa shape index (κ3) is 4.03. The maximum absolute atomic E-state index is 12.5. The molecular weight excluding hydrogens is 327 g/mol. The predicted octanol–water partition coefficient (Wildman–Crippen LogP) is 3.11. The SMILES string of the molecule is O=C(O)C(=O)C=C(O)c1cccn1Cc1ccc(C(F)(F)F)cc1. The summed E-state index contributed by atoms with van der Waals surface area (Å²) in [6, 6.07) is 7.50. The van der Waals surface area contributed by atoms with Gasteiger partial charge in [0.2, 0.25) is 0 Å². The topological polar surface area (TPSA) is 79.5 Å². The maximum Gasteiger partial charge on any atom is 0.416 e. The Morgan fingerprint density at radius 2 is 1.71 bits per heavy atom. The van der Waals surface area contributed by atoms with Crippen molar-refractivity contribution in [3.63, 3.8) is 0 Å². The highest BCUT2D eigenvalue weighted by Gasteiger charge is 2.29. The Kier molecular flexibility index (Phi) is 4.77. The Hall–Kier alpha value is -3.03. The summed E-state index contributed by atoms with van der Waals surface area (Å²) in [5.41, 5.74) is -0.0592. The minimum atomic E-state index is -4.42. The average molecular weight is 339 g/mol. The maximum atomic E-state index is 12.5. The van der Waals surface area contributed by atoms with E-state index in [0.29, 0.717) is 11.6 Å². The lowest BCUT2D eigenvalue weighted by Gasteiger charge is -2.10. The van der Waals surface area contributed by atoms with Gasteiger partial charge in [-0.25, -0.2) is 4.79 Å². The monoisotopic (exact) mass is 339 g/mol. The van der Waals surface area contributed by atoms with Gasteiger partial charge in [-0.05, 0) is 29.8 Å². The highest BCUT2D eigenvalue weighted by atomic mass is 19.4. The highest BCUT2D eigenvalue weighted by molar-refractivity contribution is 6.38. The fourth-order valence-corrected chi connectivity index (χ4v) is 2.04. The molecule has 5 nitrogen and oxygen atoms in total. The van der Waals surface area contributed by atoms with Gasteiger partial charge in [-0.15, -0.1) is 0 Å². The Morgan fingerprint density at radius 3 is 2.25 bits per heavy atom. The number of benzene rings is 1. The van der Waals surface area contributed by atoms with E-state index in [1.54, 1.807) is 12.3 Å². The summed E-state index contributed by atoms with van der Waals surface area (Å²) in [5, 5.41) is 18.4.